The van der Waals surface area contributed by atoms with Crippen LogP contribution >= 0.6 is 0 Å². The summed E-state index contributed by atoms with van der Waals surface area (Å²) < 4.78 is 5.60. The lowest BCUT2D eigenvalue weighted by atomic mass is 9.90. The molecule has 0 amide bonds. The minimum absolute atomic E-state index is 0.0241. The Bertz CT molecular complexity index is 791. The summed E-state index contributed by atoms with van der Waals surface area (Å²) >= 11 is 0. The average molecular weight is 366 g/mol. The molecule has 6 atom stereocenters. The van der Waals surface area contributed by atoms with Gasteiger partial charge in [0.2, 0.25) is 0 Å². The SMILES string of the molecule is NC(Cc1c(C2OC(CO)C(O)C(O)C2O)[nH]c2ccccc12)C(=O)O. The first kappa shape index (κ1) is 18.8. The van der Waals surface area contributed by atoms with Crippen LogP contribution in [0, 0.1) is 0 Å². The number of carboxylic acids is 1. The Labute approximate surface area is 148 Å². The molecule has 1 saturated heterocycles. The molecular formula is C17H22N2O7. The van der Waals surface area contributed by atoms with Gasteiger partial charge in [-0.3, -0.25) is 4.79 Å². The monoisotopic (exact) mass is 366 g/mol. The molecule has 1 aliphatic rings. The normalized spacial score (nSPS) is 30.4. The van der Waals surface area contributed by atoms with Gasteiger partial charge in [-0.2, -0.15) is 0 Å². The summed E-state index contributed by atoms with van der Waals surface area (Å²) in [4.78, 5) is 14.3. The molecule has 3 rings (SSSR count). The van der Waals surface area contributed by atoms with Crippen molar-refractivity contribution in [1.29, 1.82) is 0 Å². The number of aromatic nitrogens is 1. The van der Waals surface area contributed by atoms with Gasteiger partial charge >= 0.3 is 5.97 Å². The third-order valence-electron chi connectivity index (χ3n) is 4.76. The summed E-state index contributed by atoms with van der Waals surface area (Å²) in [6.07, 6.45) is -6.65. The van der Waals surface area contributed by atoms with Crippen LogP contribution in [-0.4, -0.2) is 73.6 Å². The average Bonchev–Trinajstić information content (AvgIpc) is 2.98. The van der Waals surface area contributed by atoms with Crippen LogP contribution in [-0.2, 0) is 16.0 Å². The molecule has 2 heterocycles. The van der Waals surface area contributed by atoms with Gasteiger partial charge in [-0.15, -0.1) is 0 Å². The number of benzene rings is 1. The molecule has 1 aromatic carbocycles. The van der Waals surface area contributed by atoms with Crippen molar-refractivity contribution in [3.63, 3.8) is 0 Å². The first-order chi connectivity index (χ1) is 12.3. The van der Waals surface area contributed by atoms with E-state index in [9.17, 15) is 25.2 Å². The number of nitrogens with two attached hydrogens (primary N) is 1. The van der Waals surface area contributed by atoms with Gasteiger partial charge in [0.1, 0.15) is 36.6 Å². The highest BCUT2D eigenvalue weighted by molar-refractivity contribution is 5.86. The van der Waals surface area contributed by atoms with Gasteiger partial charge in [0.25, 0.3) is 0 Å². The number of rotatable bonds is 5. The number of nitrogens with one attached hydrogen (secondary N) is 1. The molecule has 0 aliphatic carbocycles. The number of fused-ring (bicyclic) bond motifs is 1. The van der Waals surface area contributed by atoms with E-state index in [2.05, 4.69) is 4.98 Å². The second kappa shape index (κ2) is 7.31. The number of carbonyl (C=O) groups is 1. The number of H-pyrrole nitrogens is 1. The predicted molar refractivity (Wildman–Crippen MR) is 90.3 cm³/mol. The Balaban J connectivity index is 2.07. The fraction of sp³-hybridized carbons (Fsp3) is 0.471. The van der Waals surface area contributed by atoms with Crippen LogP contribution in [0.5, 0.6) is 0 Å². The lowest BCUT2D eigenvalue weighted by molar-refractivity contribution is -0.232. The van der Waals surface area contributed by atoms with Crippen molar-refractivity contribution >= 4 is 16.9 Å². The van der Waals surface area contributed by atoms with Crippen LogP contribution in [0.25, 0.3) is 10.9 Å². The van der Waals surface area contributed by atoms with Crippen LogP contribution < -0.4 is 5.73 Å². The fourth-order valence-electron chi connectivity index (χ4n) is 3.33. The molecule has 9 heteroatoms. The lowest BCUT2D eigenvalue weighted by Gasteiger charge is -2.40. The van der Waals surface area contributed by atoms with Gasteiger partial charge in [0.15, 0.2) is 0 Å². The first-order valence-corrected chi connectivity index (χ1v) is 8.23. The number of aliphatic hydroxyl groups is 4. The van der Waals surface area contributed by atoms with E-state index < -0.39 is 49.1 Å². The fourth-order valence-corrected chi connectivity index (χ4v) is 3.33. The van der Waals surface area contributed by atoms with Gasteiger partial charge in [-0.1, -0.05) is 18.2 Å². The third kappa shape index (κ3) is 3.20. The van der Waals surface area contributed by atoms with Crippen molar-refractivity contribution in [2.45, 2.75) is 43.0 Å². The zero-order valence-corrected chi connectivity index (χ0v) is 13.8. The van der Waals surface area contributed by atoms with Crippen molar-refractivity contribution in [3.8, 4) is 0 Å². The number of carboxylic acid groups (broad SMARTS) is 1. The summed E-state index contributed by atoms with van der Waals surface area (Å²) in [5, 5.41) is 49.6. The molecule has 9 nitrogen and oxygen atoms in total. The molecule has 0 saturated carbocycles. The van der Waals surface area contributed by atoms with E-state index in [0.717, 1.165) is 5.39 Å². The smallest absolute Gasteiger partial charge is 0.320 e. The molecule has 1 aromatic heterocycles. The van der Waals surface area contributed by atoms with E-state index in [1.54, 1.807) is 24.3 Å². The maximum Gasteiger partial charge on any atom is 0.320 e. The van der Waals surface area contributed by atoms with E-state index in [0.29, 0.717) is 16.8 Å². The highest BCUT2D eigenvalue weighted by atomic mass is 16.5. The summed E-state index contributed by atoms with van der Waals surface area (Å²) in [6, 6.07) is 5.96. The topological polar surface area (TPSA) is 169 Å². The zero-order valence-electron chi connectivity index (χ0n) is 13.8. The quantitative estimate of drug-likeness (QED) is 0.340. The number of hydrogen-bond donors (Lipinski definition) is 7. The van der Waals surface area contributed by atoms with Gasteiger partial charge in [-0.05, 0) is 11.6 Å². The maximum atomic E-state index is 11.2. The van der Waals surface area contributed by atoms with Crippen LogP contribution in [0.1, 0.15) is 17.4 Å². The molecule has 8 N–H and O–H groups in total. The maximum absolute atomic E-state index is 11.2. The molecule has 1 fully saturated rings. The zero-order chi connectivity index (χ0) is 19.0. The van der Waals surface area contributed by atoms with Gasteiger partial charge < -0.3 is 41.0 Å². The molecule has 2 aromatic rings. The molecule has 6 unspecified atom stereocenters. The summed E-state index contributed by atoms with van der Waals surface area (Å²) in [5.74, 6) is -1.17. The van der Waals surface area contributed by atoms with E-state index in [4.69, 9.17) is 15.6 Å². The lowest BCUT2D eigenvalue weighted by Crippen LogP contribution is -2.55. The van der Waals surface area contributed by atoms with Crippen LogP contribution in [0.15, 0.2) is 24.3 Å². The van der Waals surface area contributed by atoms with Gasteiger partial charge in [-0.25, -0.2) is 0 Å². The highest BCUT2D eigenvalue weighted by Crippen LogP contribution is 2.36. The second-order valence-corrected chi connectivity index (χ2v) is 6.46. The van der Waals surface area contributed by atoms with Crippen molar-refractivity contribution in [2.75, 3.05) is 6.61 Å². The molecule has 142 valence electrons. The number of aliphatic carboxylic acids is 1. The Hall–Kier alpha value is -2.01. The summed E-state index contributed by atoms with van der Waals surface area (Å²) in [7, 11) is 0. The number of para-hydroxylation sites is 1. The standard InChI is InChI=1S/C17H22N2O7/c18-9(17(24)25)5-8-7-3-1-2-4-10(7)19-12(8)16-15(23)14(22)13(21)11(6-20)26-16/h1-4,9,11,13-16,19-23H,5-6,18H2,(H,24,25). The van der Waals surface area contributed by atoms with Gasteiger partial charge in [0, 0.05) is 17.3 Å². The Morgan fingerprint density at radius 3 is 2.54 bits per heavy atom. The Morgan fingerprint density at radius 2 is 1.88 bits per heavy atom. The minimum atomic E-state index is -1.53. The third-order valence-corrected chi connectivity index (χ3v) is 4.76. The molecule has 26 heavy (non-hydrogen) atoms. The molecule has 0 bridgehead atoms. The van der Waals surface area contributed by atoms with Crippen molar-refractivity contribution in [2.24, 2.45) is 5.73 Å². The van der Waals surface area contributed by atoms with Crippen molar-refractivity contribution in [1.82, 2.24) is 4.98 Å². The second-order valence-electron chi connectivity index (χ2n) is 6.46. The van der Waals surface area contributed by atoms with E-state index in [1.807, 2.05) is 0 Å². The highest BCUT2D eigenvalue weighted by Gasteiger charge is 2.45. The number of hydrogen-bond acceptors (Lipinski definition) is 7. The summed E-state index contributed by atoms with van der Waals surface area (Å²) in [5.41, 5.74) is 7.28. The number of ether oxygens (including phenoxy) is 1. The molecule has 0 spiro atoms. The Morgan fingerprint density at radius 1 is 1.19 bits per heavy atom. The van der Waals surface area contributed by atoms with Gasteiger partial charge in [0.05, 0.1) is 12.3 Å². The molecular weight excluding hydrogens is 344 g/mol. The predicted octanol–water partition coefficient (Wildman–Crippen LogP) is -1.36. The molecule has 1 aliphatic heterocycles. The minimum Gasteiger partial charge on any atom is -0.480 e. The summed E-state index contributed by atoms with van der Waals surface area (Å²) in [6.45, 7) is -0.550. The number of aromatic amines is 1. The number of aliphatic hydroxyl groups excluding tert-OH is 4. The van der Waals surface area contributed by atoms with Crippen LogP contribution in [0.2, 0.25) is 0 Å². The van der Waals surface area contributed by atoms with Crippen LogP contribution in [0.3, 0.4) is 0 Å². The van der Waals surface area contributed by atoms with Crippen LogP contribution in [0.4, 0.5) is 0 Å². The van der Waals surface area contributed by atoms with E-state index in [-0.39, 0.29) is 6.42 Å². The largest absolute Gasteiger partial charge is 0.480 e. The van der Waals surface area contributed by atoms with E-state index >= 15 is 0 Å². The Kier molecular flexibility index (Phi) is 5.28. The van der Waals surface area contributed by atoms with E-state index in [1.165, 1.54) is 0 Å². The first-order valence-electron chi connectivity index (χ1n) is 8.23. The van der Waals surface area contributed by atoms with Crippen molar-refractivity contribution < 1.29 is 35.1 Å². The molecule has 0 radical (unpaired) electrons. The van der Waals surface area contributed by atoms with Crippen molar-refractivity contribution in [3.05, 3.63) is 35.5 Å².